The van der Waals surface area contributed by atoms with Crippen LogP contribution in [0.2, 0.25) is 0 Å². The highest BCUT2D eigenvalue weighted by atomic mass is 16.2. The first kappa shape index (κ1) is 24.4. The van der Waals surface area contributed by atoms with Crippen LogP contribution in [0, 0.1) is 6.92 Å². The van der Waals surface area contributed by atoms with E-state index in [1.165, 1.54) is 12.5 Å². The van der Waals surface area contributed by atoms with Crippen LogP contribution in [-0.4, -0.2) is 55.3 Å². The lowest BCUT2D eigenvalue weighted by Crippen LogP contribution is -2.35. The number of carbonyl (C=O) groups excluding carboxylic acids is 2. The Morgan fingerprint density at radius 1 is 1.21 bits per heavy atom. The quantitative estimate of drug-likeness (QED) is 0.438. The van der Waals surface area contributed by atoms with Crippen LogP contribution in [0.4, 0.5) is 11.6 Å². The highest BCUT2D eigenvalue weighted by Gasteiger charge is 2.19. The van der Waals surface area contributed by atoms with E-state index >= 15 is 0 Å². The summed E-state index contributed by atoms with van der Waals surface area (Å²) in [6, 6.07) is 2.88. The van der Waals surface area contributed by atoms with Crippen LogP contribution in [0.3, 0.4) is 0 Å². The average Bonchev–Trinajstić information content (AvgIpc) is 3.09. The molecule has 0 aliphatic heterocycles. The Kier molecular flexibility index (Phi) is 7.27. The number of aryl methyl sites for hydroxylation is 2. The third-order valence-electron chi connectivity index (χ3n) is 5.05. The molecule has 1 atom stereocenters. The normalized spacial score (nSPS) is 12.3. The summed E-state index contributed by atoms with van der Waals surface area (Å²) in [6.07, 6.45) is 2.71. The summed E-state index contributed by atoms with van der Waals surface area (Å²) in [4.78, 5) is 42.5. The van der Waals surface area contributed by atoms with Gasteiger partial charge in [-0.3, -0.25) is 19.3 Å². The third kappa shape index (κ3) is 5.04. The fourth-order valence-corrected chi connectivity index (χ4v) is 3.27. The molecule has 0 aromatic carbocycles. The van der Waals surface area contributed by atoms with Gasteiger partial charge < -0.3 is 16.0 Å². The molecule has 0 saturated heterocycles. The van der Waals surface area contributed by atoms with E-state index in [2.05, 4.69) is 54.2 Å². The first-order chi connectivity index (χ1) is 16.2. The SMILES string of the molecule is C=CN=C(C(=C)C)C(=O)Nc1cc(-c2ncnc3c(C)nn(C)c23)cc(NC(=O)C(C)NC)n1. The van der Waals surface area contributed by atoms with E-state index in [9.17, 15) is 9.59 Å². The molecule has 3 heterocycles. The molecule has 3 N–H and O–H groups in total. The minimum absolute atomic E-state index is 0.114. The Labute approximate surface area is 197 Å². The second-order valence-electron chi connectivity index (χ2n) is 7.65. The molecule has 11 heteroatoms. The predicted octanol–water partition coefficient (Wildman–Crippen LogP) is 2.38. The van der Waals surface area contributed by atoms with Crippen molar-refractivity contribution in [3.05, 3.63) is 49.1 Å². The number of hydrogen-bond donors (Lipinski definition) is 3. The Balaban J connectivity index is 2.13. The minimum Gasteiger partial charge on any atom is -0.309 e. The Bertz CT molecular complexity index is 1320. The van der Waals surface area contributed by atoms with Crippen LogP contribution in [0.1, 0.15) is 19.5 Å². The number of amides is 2. The molecule has 34 heavy (non-hydrogen) atoms. The summed E-state index contributed by atoms with van der Waals surface area (Å²) in [5, 5.41) is 12.8. The minimum atomic E-state index is -0.512. The van der Waals surface area contributed by atoms with E-state index in [0.29, 0.717) is 27.9 Å². The number of aromatic nitrogens is 5. The molecule has 3 rings (SSSR count). The number of hydrogen-bond acceptors (Lipinski definition) is 8. The lowest BCUT2D eigenvalue weighted by molar-refractivity contribution is -0.117. The van der Waals surface area contributed by atoms with Crippen molar-refractivity contribution in [3.63, 3.8) is 0 Å². The number of carbonyl (C=O) groups is 2. The molecule has 0 saturated carbocycles. The Morgan fingerprint density at radius 2 is 1.88 bits per heavy atom. The number of nitrogens with zero attached hydrogens (tertiary/aromatic N) is 6. The van der Waals surface area contributed by atoms with Gasteiger partial charge in [0.2, 0.25) is 5.91 Å². The van der Waals surface area contributed by atoms with Crippen molar-refractivity contribution < 1.29 is 9.59 Å². The zero-order valence-corrected chi connectivity index (χ0v) is 19.8. The van der Waals surface area contributed by atoms with Crippen molar-refractivity contribution in [1.82, 2.24) is 30.0 Å². The fourth-order valence-electron chi connectivity index (χ4n) is 3.27. The van der Waals surface area contributed by atoms with Gasteiger partial charge in [0, 0.05) is 18.8 Å². The third-order valence-corrected chi connectivity index (χ3v) is 5.05. The van der Waals surface area contributed by atoms with Crippen molar-refractivity contribution >= 4 is 40.2 Å². The van der Waals surface area contributed by atoms with Gasteiger partial charge in [-0.1, -0.05) is 13.2 Å². The number of likely N-dealkylation sites (N-methyl/N-ethyl adjacent to an activating group) is 1. The first-order valence-corrected chi connectivity index (χ1v) is 10.5. The summed E-state index contributed by atoms with van der Waals surface area (Å²) in [5.74, 6) is -0.367. The molecule has 11 nitrogen and oxygen atoms in total. The highest BCUT2D eigenvalue weighted by molar-refractivity contribution is 6.48. The fraction of sp³-hybridized carbons (Fsp3) is 0.261. The molecule has 176 valence electrons. The monoisotopic (exact) mass is 461 g/mol. The molecule has 0 fully saturated rings. The second-order valence-corrected chi connectivity index (χ2v) is 7.65. The van der Waals surface area contributed by atoms with Gasteiger partial charge in [0.15, 0.2) is 0 Å². The number of nitrogens with one attached hydrogen (secondary N) is 3. The van der Waals surface area contributed by atoms with Crippen molar-refractivity contribution in [3.8, 4) is 11.3 Å². The summed E-state index contributed by atoms with van der Waals surface area (Å²) < 4.78 is 1.69. The van der Waals surface area contributed by atoms with Crippen LogP contribution in [0.15, 0.2) is 48.4 Å². The highest BCUT2D eigenvalue weighted by Crippen LogP contribution is 2.29. The lowest BCUT2D eigenvalue weighted by atomic mass is 10.1. The maximum absolute atomic E-state index is 12.8. The predicted molar refractivity (Wildman–Crippen MR) is 132 cm³/mol. The molecular weight excluding hydrogens is 434 g/mol. The summed E-state index contributed by atoms with van der Waals surface area (Å²) in [5.41, 5.74) is 3.92. The molecule has 3 aromatic rings. The molecule has 0 aliphatic carbocycles. The van der Waals surface area contributed by atoms with E-state index in [0.717, 1.165) is 5.69 Å². The van der Waals surface area contributed by atoms with Crippen LogP contribution < -0.4 is 16.0 Å². The molecule has 0 radical (unpaired) electrons. The van der Waals surface area contributed by atoms with Gasteiger partial charge in [0.1, 0.15) is 34.7 Å². The van der Waals surface area contributed by atoms with Crippen LogP contribution in [0.25, 0.3) is 22.3 Å². The summed E-state index contributed by atoms with van der Waals surface area (Å²) in [7, 11) is 3.48. The molecular formula is C23H27N9O2. The number of pyridine rings is 1. The van der Waals surface area contributed by atoms with Gasteiger partial charge in [-0.2, -0.15) is 5.10 Å². The Hall–Kier alpha value is -4.25. The smallest absolute Gasteiger partial charge is 0.275 e. The standard InChI is InChI=1S/C23H27N9O2/c1-8-25-18(12(2)3)23(34)30-17-10-15(9-16(28-17)29-22(33)14(5)24-6)20-21-19(26-11-27-20)13(4)31-32(21)7/h8-11,14,24H,1-2H2,3-7H3,(H2,28,29,30,33,34). The Morgan fingerprint density at radius 3 is 2.50 bits per heavy atom. The van der Waals surface area contributed by atoms with Crippen molar-refractivity contribution in [2.24, 2.45) is 12.0 Å². The molecule has 3 aromatic heterocycles. The topological polar surface area (TPSA) is 139 Å². The van der Waals surface area contributed by atoms with Gasteiger partial charge in [-0.05, 0) is 45.5 Å². The number of aliphatic imine (C=N–C) groups is 1. The van der Waals surface area contributed by atoms with Gasteiger partial charge >= 0.3 is 0 Å². The largest absolute Gasteiger partial charge is 0.309 e. The molecule has 0 spiro atoms. The zero-order chi connectivity index (χ0) is 25.0. The van der Waals surface area contributed by atoms with E-state index in [1.54, 1.807) is 44.8 Å². The van der Waals surface area contributed by atoms with Crippen molar-refractivity contribution in [2.45, 2.75) is 26.8 Å². The van der Waals surface area contributed by atoms with Gasteiger partial charge in [0.25, 0.3) is 5.91 Å². The van der Waals surface area contributed by atoms with Crippen LogP contribution in [-0.2, 0) is 16.6 Å². The lowest BCUT2D eigenvalue weighted by Gasteiger charge is -2.14. The average molecular weight is 462 g/mol. The van der Waals surface area contributed by atoms with Gasteiger partial charge in [-0.15, -0.1) is 0 Å². The van der Waals surface area contributed by atoms with E-state index in [-0.39, 0.29) is 23.3 Å². The summed E-state index contributed by atoms with van der Waals surface area (Å²) >= 11 is 0. The molecule has 0 aliphatic rings. The van der Waals surface area contributed by atoms with E-state index < -0.39 is 11.9 Å². The maximum Gasteiger partial charge on any atom is 0.275 e. The number of fused-ring (bicyclic) bond motifs is 1. The first-order valence-electron chi connectivity index (χ1n) is 10.5. The van der Waals surface area contributed by atoms with Gasteiger partial charge in [-0.25, -0.2) is 15.0 Å². The van der Waals surface area contributed by atoms with Gasteiger partial charge in [0.05, 0.1) is 17.4 Å². The number of anilines is 2. The maximum atomic E-state index is 12.8. The van der Waals surface area contributed by atoms with Crippen molar-refractivity contribution in [2.75, 3.05) is 17.7 Å². The molecule has 0 bridgehead atoms. The second kappa shape index (κ2) is 10.1. The zero-order valence-electron chi connectivity index (χ0n) is 19.8. The van der Waals surface area contributed by atoms with E-state index in [1.807, 2.05) is 6.92 Å². The molecule has 1 unspecified atom stereocenters. The van der Waals surface area contributed by atoms with Crippen LogP contribution >= 0.6 is 0 Å². The van der Waals surface area contributed by atoms with Crippen LogP contribution in [0.5, 0.6) is 0 Å². The van der Waals surface area contributed by atoms with Crippen molar-refractivity contribution in [1.29, 1.82) is 0 Å². The number of rotatable bonds is 8. The molecule has 2 amide bonds. The van der Waals surface area contributed by atoms with E-state index in [4.69, 9.17) is 0 Å². The summed E-state index contributed by atoms with van der Waals surface area (Å²) in [6.45, 7) is 12.6.